The first kappa shape index (κ1) is 33.1. The van der Waals surface area contributed by atoms with Crippen LogP contribution in [0, 0.1) is 0 Å². The maximum absolute atomic E-state index is 5.33. The van der Waals surface area contributed by atoms with Crippen LogP contribution in [0.2, 0.25) is 0 Å². The molecule has 0 radical (unpaired) electrons. The Morgan fingerprint density at radius 3 is 1.25 bits per heavy atom. The molecule has 0 aliphatic heterocycles. The minimum Gasteiger partial charge on any atom is -0.309 e. The Labute approximate surface area is 347 Å². The molecule has 0 spiro atoms. The fourth-order valence-electron chi connectivity index (χ4n) is 9.34. The van der Waals surface area contributed by atoms with E-state index in [1.165, 1.54) is 43.4 Å². The molecule has 6 heterocycles. The van der Waals surface area contributed by atoms with Gasteiger partial charge < -0.3 is 9.13 Å². The maximum Gasteiger partial charge on any atom is 0.173 e. The summed E-state index contributed by atoms with van der Waals surface area (Å²) in [7, 11) is 0. The maximum atomic E-state index is 5.33. The van der Waals surface area contributed by atoms with Crippen LogP contribution in [0.15, 0.2) is 194 Å². The molecule has 13 aromatic rings. The summed E-state index contributed by atoms with van der Waals surface area (Å²) in [5.74, 6) is 0.827. The highest BCUT2D eigenvalue weighted by atomic mass is 32.1. The van der Waals surface area contributed by atoms with Gasteiger partial charge in [-0.25, -0.2) is 9.97 Å². The van der Waals surface area contributed by atoms with Crippen molar-refractivity contribution in [3.63, 3.8) is 0 Å². The topological polar surface area (TPSA) is 53.5 Å². The molecule has 7 aromatic carbocycles. The zero-order valence-electron chi connectivity index (χ0n) is 32.1. The Hall–Kier alpha value is -7.87. The van der Waals surface area contributed by atoms with Gasteiger partial charge in [0.2, 0.25) is 0 Å². The second-order valence-electron chi connectivity index (χ2n) is 15.3. The highest BCUT2D eigenvalue weighted by Gasteiger charge is 2.20. The normalized spacial score (nSPS) is 12.0. The van der Waals surface area contributed by atoms with E-state index in [1.807, 2.05) is 6.20 Å². The lowest BCUT2D eigenvalue weighted by Crippen LogP contribution is -1.99. The number of hydrogen-bond donors (Lipinski definition) is 0. The fraction of sp³-hybridized carbons (Fsp3) is 0. The van der Waals surface area contributed by atoms with Gasteiger partial charge in [-0.15, -0.1) is 11.3 Å². The molecule has 0 aliphatic carbocycles. The zero-order chi connectivity index (χ0) is 39.3. The summed E-state index contributed by atoms with van der Waals surface area (Å²) >= 11 is 1.64. The molecule has 0 saturated carbocycles. The van der Waals surface area contributed by atoms with Crippen LogP contribution in [0.1, 0.15) is 0 Å². The average Bonchev–Trinajstić information content (AvgIpc) is 4.07. The molecule has 7 heteroatoms. The molecule has 0 unspecified atom stereocenters. The molecule has 0 saturated heterocycles. The number of hydrogen-bond acceptors (Lipinski definition) is 4. The Balaban J connectivity index is 0.985. The van der Waals surface area contributed by atoms with Crippen LogP contribution in [-0.4, -0.2) is 28.7 Å². The molecule has 6 aromatic heterocycles. The third-order valence-corrected chi connectivity index (χ3v) is 13.1. The molecular formula is C53H32N6S. The number of benzene rings is 7. The van der Waals surface area contributed by atoms with Crippen LogP contribution in [-0.2, 0) is 0 Å². The van der Waals surface area contributed by atoms with E-state index in [2.05, 4.69) is 202 Å². The van der Waals surface area contributed by atoms with E-state index in [0.717, 1.165) is 65.8 Å². The summed E-state index contributed by atoms with van der Waals surface area (Å²) in [6.45, 7) is 0. The van der Waals surface area contributed by atoms with Crippen molar-refractivity contribution in [1.82, 2.24) is 28.7 Å². The fourth-order valence-corrected chi connectivity index (χ4v) is 10.4. The molecule has 0 aliphatic rings. The van der Waals surface area contributed by atoms with Crippen LogP contribution >= 0.6 is 11.3 Å². The summed E-state index contributed by atoms with van der Waals surface area (Å²) in [5, 5.41) is 8.16. The van der Waals surface area contributed by atoms with E-state index in [-0.39, 0.29) is 0 Å². The van der Waals surface area contributed by atoms with Crippen LogP contribution < -0.4 is 0 Å². The predicted molar refractivity (Wildman–Crippen MR) is 249 cm³/mol. The smallest absolute Gasteiger partial charge is 0.173 e. The van der Waals surface area contributed by atoms with Crippen molar-refractivity contribution in [2.75, 3.05) is 0 Å². The lowest BCUT2D eigenvalue weighted by molar-refractivity contribution is 1.09. The van der Waals surface area contributed by atoms with Gasteiger partial charge in [-0.3, -0.25) is 9.55 Å². The highest BCUT2D eigenvalue weighted by molar-refractivity contribution is 7.22. The monoisotopic (exact) mass is 784 g/mol. The Kier molecular flexibility index (Phi) is 7.08. The largest absolute Gasteiger partial charge is 0.309 e. The van der Waals surface area contributed by atoms with Crippen molar-refractivity contribution in [3.8, 4) is 39.0 Å². The van der Waals surface area contributed by atoms with Gasteiger partial charge in [-0.1, -0.05) is 121 Å². The molecule has 0 N–H and O–H groups in total. The molecule has 0 fully saturated rings. The van der Waals surface area contributed by atoms with Gasteiger partial charge in [0.25, 0.3) is 0 Å². The van der Waals surface area contributed by atoms with E-state index in [1.54, 1.807) is 11.3 Å². The quantitative estimate of drug-likeness (QED) is 0.175. The lowest BCUT2D eigenvalue weighted by Gasteiger charge is -2.12. The first-order chi connectivity index (χ1) is 29.8. The van der Waals surface area contributed by atoms with Crippen LogP contribution in [0.5, 0.6) is 0 Å². The van der Waals surface area contributed by atoms with E-state index in [0.29, 0.717) is 5.65 Å². The first-order valence-electron chi connectivity index (χ1n) is 20.1. The molecule has 60 heavy (non-hydrogen) atoms. The minimum atomic E-state index is 0.698. The summed E-state index contributed by atoms with van der Waals surface area (Å²) in [6.07, 6.45) is 1.96. The third-order valence-electron chi connectivity index (χ3n) is 12.0. The van der Waals surface area contributed by atoms with Gasteiger partial charge in [-0.05, 0) is 72.3 Å². The van der Waals surface area contributed by atoms with Crippen molar-refractivity contribution in [1.29, 1.82) is 0 Å². The first-order valence-corrected chi connectivity index (χ1v) is 20.9. The average molecular weight is 785 g/mol. The van der Waals surface area contributed by atoms with Crippen molar-refractivity contribution >= 4 is 87.1 Å². The zero-order valence-corrected chi connectivity index (χ0v) is 32.9. The van der Waals surface area contributed by atoms with Gasteiger partial charge in [0.05, 0.1) is 55.4 Å². The second kappa shape index (κ2) is 12.8. The van der Waals surface area contributed by atoms with Crippen molar-refractivity contribution < 1.29 is 0 Å². The van der Waals surface area contributed by atoms with E-state index < -0.39 is 0 Å². The van der Waals surface area contributed by atoms with Crippen molar-refractivity contribution in [2.45, 2.75) is 0 Å². The molecule has 0 bridgehead atoms. The van der Waals surface area contributed by atoms with Gasteiger partial charge >= 0.3 is 0 Å². The van der Waals surface area contributed by atoms with Gasteiger partial charge in [0.1, 0.15) is 10.8 Å². The standard InChI is InChI=1S/C53H32N6S/c1-7-19-44-36(13-1)37-14-2-8-20-45(37)57(44)34-27-25-33(26-28-34)42-31-50(59-48-23-11-5-17-40(48)41-18-6-12-24-49(41)59)55-52-51(42)60-53(56-52)43-30-29-35(32-54-43)58-46-21-9-3-15-38(46)39-16-4-10-22-47(39)58/h1-32H. The molecular weight excluding hydrogens is 753 g/mol. The summed E-state index contributed by atoms with van der Waals surface area (Å²) in [4.78, 5) is 15.6. The Morgan fingerprint density at radius 2 is 0.800 bits per heavy atom. The van der Waals surface area contributed by atoms with E-state index in [9.17, 15) is 0 Å². The summed E-state index contributed by atoms with van der Waals surface area (Å²) in [5.41, 5.74) is 12.7. The molecule has 6 nitrogen and oxygen atoms in total. The lowest BCUT2D eigenvalue weighted by atomic mass is 10.1. The van der Waals surface area contributed by atoms with Crippen molar-refractivity contribution in [3.05, 3.63) is 194 Å². The van der Waals surface area contributed by atoms with Gasteiger partial charge in [-0.2, -0.15) is 0 Å². The van der Waals surface area contributed by atoms with E-state index >= 15 is 0 Å². The Morgan fingerprint density at radius 1 is 0.383 bits per heavy atom. The number of pyridine rings is 2. The number of thiazole rings is 1. The van der Waals surface area contributed by atoms with Gasteiger partial charge in [0.15, 0.2) is 5.65 Å². The van der Waals surface area contributed by atoms with Crippen LogP contribution in [0.3, 0.4) is 0 Å². The van der Waals surface area contributed by atoms with E-state index in [4.69, 9.17) is 15.0 Å². The summed E-state index contributed by atoms with van der Waals surface area (Å²) < 4.78 is 7.95. The number of fused-ring (bicyclic) bond motifs is 10. The van der Waals surface area contributed by atoms with Gasteiger partial charge in [0, 0.05) is 43.6 Å². The summed E-state index contributed by atoms with van der Waals surface area (Å²) in [6, 6.07) is 67.0. The molecule has 0 amide bonds. The molecule has 13 rings (SSSR count). The second-order valence-corrected chi connectivity index (χ2v) is 16.3. The minimum absolute atomic E-state index is 0.698. The molecule has 0 atom stereocenters. The Bertz CT molecular complexity index is 3670. The third kappa shape index (κ3) is 4.84. The number of rotatable bonds is 5. The van der Waals surface area contributed by atoms with Crippen molar-refractivity contribution in [2.24, 2.45) is 0 Å². The SMILES string of the molecule is c1ccc2c(c1)c1ccccc1n2-c1ccc(-c2cc(-n3c4ccccc4c4ccccc43)nc3nc(-c4ccc(-n5c6ccccc6c6ccccc65)cn4)sc23)cc1. The predicted octanol–water partition coefficient (Wildman–Crippen LogP) is 13.7. The highest BCUT2D eigenvalue weighted by Crippen LogP contribution is 2.41. The number of nitrogens with zero attached hydrogens (tertiary/aromatic N) is 6. The number of para-hydroxylation sites is 6. The number of aromatic nitrogens is 6. The van der Waals surface area contributed by atoms with Crippen LogP contribution in [0.4, 0.5) is 0 Å². The van der Waals surface area contributed by atoms with Crippen LogP contribution in [0.25, 0.3) is 115 Å². The molecule has 280 valence electrons.